The lowest BCUT2D eigenvalue weighted by Crippen LogP contribution is -2.24. The molecule has 1 rings (SSSR count). The van der Waals surface area contributed by atoms with Gasteiger partial charge in [-0.3, -0.25) is 0 Å². The van der Waals surface area contributed by atoms with E-state index in [1.54, 1.807) is 7.11 Å². The number of rotatable bonds is 4. The van der Waals surface area contributed by atoms with Gasteiger partial charge in [0.05, 0.1) is 6.10 Å². The van der Waals surface area contributed by atoms with E-state index in [0.29, 0.717) is 6.54 Å². The van der Waals surface area contributed by atoms with Crippen LogP contribution >= 0.6 is 0 Å². The summed E-state index contributed by atoms with van der Waals surface area (Å²) in [6.45, 7) is 4.57. The summed E-state index contributed by atoms with van der Waals surface area (Å²) < 4.78 is 5.18. The van der Waals surface area contributed by atoms with Crippen molar-refractivity contribution in [3.8, 4) is 0 Å². The van der Waals surface area contributed by atoms with Gasteiger partial charge in [0.2, 0.25) is 0 Å². The Kier molecular flexibility index (Phi) is 8.19. The van der Waals surface area contributed by atoms with Gasteiger partial charge in [-0.15, -0.1) is 0 Å². The molecule has 0 amide bonds. The van der Waals surface area contributed by atoms with Crippen LogP contribution in [-0.2, 0) is 11.2 Å². The molecule has 1 aromatic rings. The van der Waals surface area contributed by atoms with Gasteiger partial charge in [0.25, 0.3) is 0 Å². The minimum Gasteiger partial charge on any atom is -0.380 e. The minimum absolute atomic E-state index is 0.146. The Balaban J connectivity index is 0.000000791. The molecule has 0 bridgehead atoms. The Labute approximate surface area is 87.1 Å². The molecule has 0 aliphatic rings. The van der Waals surface area contributed by atoms with E-state index in [9.17, 15) is 0 Å². The van der Waals surface area contributed by atoms with Gasteiger partial charge in [0.1, 0.15) is 0 Å². The van der Waals surface area contributed by atoms with Crippen molar-refractivity contribution in [1.82, 2.24) is 0 Å². The summed E-state index contributed by atoms with van der Waals surface area (Å²) >= 11 is 0. The average molecular weight is 195 g/mol. The van der Waals surface area contributed by atoms with Gasteiger partial charge in [-0.2, -0.15) is 0 Å². The fraction of sp³-hybridized carbons (Fsp3) is 0.500. The van der Waals surface area contributed by atoms with E-state index in [4.69, 9.17) is 10.5 Å². The van der Waals surface area contributed by atoms with E-state index >= 15 is 0 Å². The molecule has 0 fully saturated rings. The molecule has 0 saturated heterocycles. The van der Waals surface area contributed by atoms with Crippen LogP contribution < -0.4 is 5.73 Å². The Morgan fingerprint density at radius 1 is 1.21 bits per heavy atom. The van der Waals surface area contributed by atoms with Gasteiger partial charge in [-0.05, 0) is 12.0 Å². The van der Waals surface area contributed by atoms with Crippen LogP contribution in [0.4, 0.5) is 0 Å². The summed E-state index contributed by atoms with van der Waals surface area (Å²) in [5, 5.41) is 0. The van der Waals surface area contributed by atoms with Crippen LogP contribution in [0, 0.1) is 0 Å². The van der Waals surface area contributed by atoms with Crippen LogP contribution in [0.2, 0.25) is 0 Å². The van der Waals surface area contributed by atoms with E-state index in [2.05, 4.69) is 12.1 Å². The van der Waals surface area contributed by atoms with Crippen molar-refractivity contribution in [3.63, 3.8) is 0 Å². The Morgan fingerprint density at radius 3 is 2.21 bits per heavy atom. The normalized spacial score (nSPS) is 11.4. The first-order valence-electron chi connectivity index (χ1n) is 5.13. The van der Waals surface area contributed by atoms with Crippen molar-refractivity contribution in [3.05, 3.63) is 35.9 Å². The highest BCUT2D eigenvalue weighted by molar-refractivity contribution is 5.15. The predicted octanol–water partition coefficient (Wildman–Crippen LogP) is 2.23. The van der Waals surface area contributed by atoms with Gasteiger partial charge in [0, 0.05) is 13.7 Å². The Hall–Kier alpha value is -0.860. The molecular formula is C12H21NO. The lowest BCUT2D eigenvalue weighted by Gasteiger charge is -2.11. The molecule has 0 aromatic heterocycles. The van der Waals surface area contributed by atoms with E-state index in [1.165, 1.54) is 5.56 Å². The second-order valence-corrected chi connectivity index (χ2v) is 2.78. The molecule has 0 spiro atoms. The van der Waals surface area contributed by atoms with Gasteiger partial charge < -0.3 is 10.5 Å². The van der Waals surface area contributed by atoms with Gasteiger partial charge in [0.15, 0.2) is 0 Å². The number of hydrogen-bond donors (Lipinski definition) is 1. The maximum absolute atomic E-state index is 5.51. The third-order valence-corrected chi connectivity index (χ3v) is 1.90. The van der Waals surface area contributed by atoms with E-state index < -0.39 is 0 Å². The van der Waals surface area contributed by atoms with Crippen molar-refractivity contribution < 1.29 is 4.74 Å². The van der Waals surface area contributed by atoms with Crippen molar-refractivity contribution in [2.45, 2.75) is 26.4 Å². The summed E-state index contributed by atoms with van der Waals surface area (Å²) in [4.78, 5) is 0. The van der Waals surface area contributed by atoms with Crippen LogP contribution in [0.1, 0.15) is 19.4 Å². The third kappa shape index (κ3) is 5.00. The lowest BCUT2D eigenvalue weighted by atomic mass is 10.1. The zero-order valence-electron chi connectivity index (χ0n) is 9.36. The number of benzene rings is 1. The summed E-state index contributed by atoms with van der Waals surface area (Å²) in [6.07, 6.45) is 1.04. The maximum atomic E-state index is 5.51. The molecular weight excluding hydrogens is 174 g/mol. The molecule has 1 unspecified atom stereocenters. The summed E-state index contributed by atoms with van der Waals surface area (Å²) in [5.41, 5.74) is 6.78. The smallest absolute Gasteiger partial charge is 0.0733 e. The van der Waals surface area contributed by atoms with Crippen molar-refractivity contribution >= 4 is 0 Å². The molecule has 1 atom stereocenters. The molecule has 0 aliphatic carbocycles. The first kappa shape index (κ1) is 13.1. The summed E-state index contributed by atoms with van der Waals surface area (Å²) in [5.74, 6) is 0. The minimum atomic E-state index is 0.146. The fourth-order valence-electron chi connectivity index (χ4n) is 1.14. The number of methoxy groups -OCH3 is 1. The second-order valence-electron chi connectivity index (χ2n) is 2.78. The quantitative estimate of drug-likeness (QED) is 0.799. The number of ether oxygens (including phenoxy) is 1. The molecule has 2 heteroatoms. The van der Waals surface area contributed by atoms with Gasteiger partial charge in [-0.1, -0.05) is 44.2 Å². The van der Waals surface area contributed by atoms with E-state index in [-0.39, 0.29) is 6.10 Å². The van der Waals surface area contributed by atoms with Crippen LogP contribution in [0.3, 0.4) is 0 Å². The van der Waals surface area contributed by atoms with E-state index in [0.717, 1.165) is 6.42 Å². The van der Waals surface area contributed by atoms with Gasteiger partial charge in [-0.25, -0.2) is 0 Å². The fourth-order valence-corrected chi connectivity index (χ4v) is 1.14. The Bertz CT molecular complexity index is 207. The molecule has 0 saturated carbocycles. The third-order valence-electron chi connectivity index (χ3n) is 1.90. The predicted molar refractivity (Wildman–Crippen MR) is 61.3 cm³/mol. The Morgan fingerprint density at radius 2 is 1.79 bits per heavy atom. The highest BCUT2D eigenvalue weighted by atomic mass is 16.5. The average Bonchev–Trinajstić information content (AvgIpc) is 2.30. The molecule has 0 aliphatic heterocycles. The van der Waals surface area contributed by atoms with Crippen LogP contribution in [0.25, 0.3) is 0 Å². The zero-order chi connectivity index (χ0) is 10.8. The SMILES string of the molecule is CC.COC(CN)Cc1ccccc1. The summed E-state index contributed by atoms with van der Waals surface area (Å²) in [6, 6.07) is 10.2. The molecule has 80 valence electrons. The second kappa shape index (κ2) is 8.73. The maximum Gasteiger partial charge on any atom is 0.0733 e. The standard InChI is InChI=1S/C10H15NO.C2H6/c1-12-10(8-11)7-9-5-3-2-4-6-9;1-2/h2-6,10H,7-8,11H2,1H3;1-2H3. The van der Waals surface area contributed by atoms with Crippen molar-refractivity contribution in [1.29, 1.82) is 0 Å². The first-order chi connectivity index (χ1) is 6.86. The molecule has 14 heavy (non-hydrogen) atoms. The molecule has 0 heterocycles. The largest absolute Gasteiger partial charge is 0.380 e. The zero-order valence-corrected chi connectivity index (χ0v) is 9.36. The lowest BCUT2D eigenvalue weighted by molar-refractivity contribution is 0.110. The first-order valence-corrected chi connectivity index (χ1v) is 5.13. The highest BCUT2D eigenvalue weighted by Crippen LogP contribution is 2.03. The molecule has 1 aromatic carbocycles. The van der Waals surface area contributed by atoms with Gasteiger partial charge >= 0.3 is 0 Å². The number of hydrogen-bond acceptors (Lipinski definition) is 2. The van der Waals surface area contributed by atoms with Crippen LogP contribution in [0.5, 0.6) is 0 Å². The summed E-state index contributed by atoms with van der Waals surface area (Å²) in [7, 11) is 1.69. The number of nitrogens with two attached hydrogens (primary N) is 1. The highest BCUT2D eigenvalue weighted by Gasteiger charge is 2.04. The van der Waals surface area contributed by atoms with Crippen molar-refractivity contribution in [2.75, 3.05) is 13.7 Å². The van der Waals surface area contributed by atoms with Crippen LogP contribution in [0.15, 0.2) is 30.3 Å². The topological polar surface area (TPSA) is 35.2 Å². The van der Waals surface area contributed by atoms with Crippen molar-refractivity contribution in [2.24, 2.45) is 5.73 Å². The molecule has 2 N–H and O–H groups in total. The molecule has 0 radical (unpaired) electrons. The van der Waals surface area contributed by atoms with Crippen LogP contribution in [-0.4, -0.2) is 19.8 Å². The monoisotopic (exact) mass is 195 g/mol. The molecule has 2 nitrogen and oxygen atoms in total. The van der Waals surface area contributed by atoms with E-state index in [1.807, 2.05) is 32.0 Å².